The van der Waals surface area contributed by atoms with Crippen LogP contribution in [0.4, 0.5) is 18.9 Å². The van der Waals surface area contributed by atoms with Crippen LogP contribution in [0.1, 0.15) is 22.8 Å². The lowest BCUT2D eigenvalue weighted by Gasteiger charge is -2.36. The number of hydrogen-bond donors (Lipinski definition) is 1. The van der Waals surface area contributed by atoms with Gasteiger partial charge in [-0.05, 0) is 60.0 Å². The second kappa shape index (κ2) is 11.5. The first-order valence-corrected chi connectivity index (χ1v) is 12.1. The van der Waals surface area contributed by atoms with Gasteiger partial charge in [0.05, 0.1) is 6.61 Å². The third-order valence-electron chi connectivity index (χ3n) is 6.18. The van der Waals surface area contributed by atoms with E-state index < -0.39 is 18.6 Å². The Hall–Kier alpha value is -3.52. The van der Waals surface area contributed by atoms with E-state index in [4.69, 9.17) is 4.74 Å². The highest BCUT2D eigenvalue weighted by molar-refractivity contribution is 5.94. The molecule has 1 heterocycles. The van der Waals surface area contributed by atoms with E-state index in [2.05, 4.69) is 46.2 Å². The molecule has 1 aliphatic rings. The monoisotopic (exact) mass is 497 g/mol. The molecule has 1 N–H and O–H groups in total. The van der Waals surface area contributed by atoms with Gasteiger partial charge in [-0.25, -0.2) is 0 Å². The highest BCUT2D eigenvalue weighted by Crippen LogP contribution is 2.28. The summed E-state index contributed by atoms with van der Waals surface area (Å²) in [6.45, 7) is 5.50. The fourth-order valence-electron chi connectivity index (χ4n) is 4.37. The van der Waals surface area contributed by atoms with Crippen LogP contribution in [0.2, 0.25) is 0 Å². The molecule has 4 rings (SSSR count). The minimum absolute atomic E-state index is 0.214. The number of alkyl halides is 3. The van der Waals surface area contributed by atoms with E-state index in [1.54, 1.807) is 24.3 Å². The molecule has 0 spiro atoms. The number of rotatable bonds is 8. The molecular formula is C28H30F3N3O2. The smallest absolute Gasteiger partial charge is 0.405 e. The Bertz CT molecular complexity index is 1160. The number of carbonyl (C=O) groups excluding carboxylic acids is 1. The Morgan fingerprint density at radius 3 is 2.36 bits per heavy atom. The summed E-state index contributed by atoms with van der Waals surface area (Å²) < 4.78 is 42.7. The van der Waals surface area contributed by atoms with Crippen molar-refractivity contribution in [3.05, 3.63) is 83.9 Å². The molecule has 1 fully saturated rings. The molecule has 0 saturated carbocycles. The molecule has 1 amide bonds. The van der Waals surface area contributed by atoms with E-state index in [1.807, 2.05) is 24.4 Å². The summed E-state index contributed by atoms with van der Waals surface area (Å²) in [6, 6.07) is 23.3. The Morgan fingerprint density at radius 2 is 1.67 bits per heavy atom. The largest absolute Gasteiger partial charge is 0.494 e. The maximum Gasteiger partial charge on any atom is 0.405 e. The maximum absolute atomic E-state index is 12.3. The Kier molecular flexibility index (Phi) is 8.15. The van der Waals surface area contributed by atoms with Crippen LogP contribution < -0.4 is 15.0 Å². The average molecular weight is 498 g/mol. The van der Waals surface area contributed by atoms with Crippen molar-refractivity contribution < 1.29 is 22.7 Å². The Labute approximate surface area is 209 Å². The van der Waals surface area contributed by atoms with Gasteiger partial charge >= 0.3 is 6.18 Å². The predicted molar refractivity (Wildman–Crippen MR) is 135 cm³/mol. The first kappa shape index (κ1) is 25.6. The molecule has 0 aromatic heterocycles. The van der Waals surface area contributed by atoms with E-state index in [9.17, 15) is 18.0 Å². The molecule has 5 nitrogen and oxygen atoms in total. The van der Waals surface area contributed by atoms with Crippen molar-refractivity contribution in [1.29, 1.82) is 0 Å². The van der Waals surface area contributed by atoms with E-state index in [0.29, 0.717) is 6.61 Å². The molecular weight excluding hydrogens is 467 g/mol. The first-order valence-electron chi connectivity index (χ1n) is 12.1. The maximum atomic E-state index is 12.3. The van der Waals surface area contributed by atoms with Gasteiger partial charge in [0, 0.05) is 44.0 Å². The van der Waals surface area contributed by atoms with Gasteiger partial charge in [-0.15, -0.1) is 0 Å². The number of nitrogens with zero attached hydrogens (tertiary/aromatic N) is 2. The standard InChI is InChI=1S/C28H30F3N3O2/c1-2-36-25-8-5-7-22(18-25)26-9-4-3-6-23(26)19-33-14-16-34(17-15-33)24-12-10-21(11-13-24)27(35)32-20-28(29,30)31/h3-13,18H,2,14-17,19-20H2,1H3,(H,32,35). The number of amides is 1. The van der Waals surface area contributed by atoms with Crippen molar-refractivity contribution in [3.63, 3.8) is 0 Å². The predicted octanol–water partition coefficient (Wildman–Crippen LogP) is 5.37. The van der Waals surface area contributed by atoms with Crippen molar-refractivity contribution in [1.82, 2.24) is 10.2 Å². The fraction of sp³-hybridized carbons (Fsp3) is 0.321. The van der Waals surface area contributed by atoms with Gasteiger partial charge in [0.2, 0.25) is 0 Å². The average Bonchev–Trinajstić information content (AvgIpc) is 2.88. The number of nitrogens with one attached hydrogen (secondary N) is 1. The molecule has 1 aliphatic heterocycles. The number of benzene rings is 3. The van der Waals surface area contributed by atoms with Gasteiger partial charge in [0.15, 0.2) is 0 Å². The fourth-order valence-corrected chi connectivity index (χ4v) is 4.37. The molecule has 0 unspecified atom stereocenters. The molecule has 1 saturated heterocycles. The second-order valence-electron chi connectivity index (χ2n) is 8.73. The van der Waals surface area contributed by atoms with Crippen molar-refractivity contribution in [3.8, 4) is 16.9 Å². The van der Waals surface area contributed by atoms with Gasteiger partial charge in [0.25, 0.3) is 5.91 Å². The lowest BCUT2D eigenvalue weighted by atomic mass is 9.99. The van der Waals surface area contributed by atoms with E-state index in [0.717, 1.165) is 49.7 Å². The van der Waals surface area contributed by atoms with Crippen molar-refractivity contribution in [2.45, 2.75) is 19.6 Å². The van der Waals surface area contributed by atoms with Gasteiger partial charge in [-0.1, -0.05) is 36.4 Å². The minimum Gasteiger partial charge on any atom is -0.494 e. The summed E-state index contributed by atoms with van der Waals surface area (Å²) in [7, 11) is 0. The molecule has 3 aromatic carbocycles. The van der Waals surface area contributed by atoms with Crippen LogP contribution in [0.15, 0.2) is 72.8 Å². The van der Waals surface area contributed by atoms with Gasteiger partial charge in [-0.2, -0.15) is 13.2 Å². The molecule has 3 aromatic rings. The lowest BCUT2D eigenvalue weighted by molar-refractivity contribution is -0.123. The minimum atomic E-state index is -4.43. The van der Waals surface area contributed by atoms with Gasteiger partial charge < -0.3 is 15.0 Å². The van der Waals surface area contributed by atoms with Crippen molar-refractivity contribution in [2.75, 3.05) is 44.2 Å². The number of carbonyl (C=O) groups is 1. The number of piperazine rings is 1. The molecule has 190 valence electrons. The summed E-state index contributed by atoms with van der Waals surface area (Å²) in [4.78, 5) is 16.6. The quantitative estimate of drug-likeness (QED) is 0.455. The SMILES string of the molecule is CCOc1cccc(-c2ccccc2CN2CCN(c3ccc(C(=O)NCC(F)(F)F)cc3)CC2)c1. The van der Waals surface area contributed by atoms with E-state index in [-0.39, 0.29) is 5.56 Å². The highest BCUT2D eigenvalue weighted by atomic mass is 19.4. The van der Waals surface area contributed by atoms with Crippen LogP contribution in [0.5, 0.6) is 5.75 Å². The van der Waals surface area contributed by atoms with E-state index >= 15 is 0 Å². The molecule has 36 heavy (non-hydrogen) atoms. The van der Waals surface area contributed by atoms with Crippen LogP contribution >= 0.6 is 0 Å². The van der Waals surface area contributed by atoms with Crippen LogP contribution in [0.25, 0.3) is 11.1 Å². The summed E-state index contributed by atoms with van der Waals surface area (Å²) in [5.41, 5.74) is 4.76. The topological polar surface area (TPSA) is 44.8 Å². The molecule has 0 bridgehead atoms. The van der Waals surface area contributed by atoms with Crippen molar-refractivity contribution >= 4 is 11.6 Å². The van der Waals surface area contributed by atoms with Crippen LogP contribution in [-0.4, -0.2) is 56.3 Å². The number of halogens is 3. The molecule has 8 heteroatoms. The zero-order valence-electron chi connectivity index (χ0n) is 20.2. The zero-order chi connectivity index (χ0) is 25.5. The lowest BCUT2D eigenvalue weighted by Crippen LogP contribution is -2.46. The molecule has 0 aliphatic carbocycles. The third-order valence-corrected chi connectivity index (χ3v) is 6.18. The molecule has 0 atom stereocenters. The summed E-state index contributed by atoms with van der Waals surface area (Å²) in [6.07, 6.45) is -4.43. The number of anilines is 1. The molecule has 0 radical (unpaired) electrons. The van der Waals surface area contributed by atoms with Gasteiger partial charge in [0.1, 0.15) is 12.3 Å². The summed E-state index contributed by atoms with van der Waals surface area (Å²) >= 11 is 0. The zero-order valence-corrected chi connectivity index (χ0v) is 20.2. The van der Waals surface area contributed by atoms with Crippen LogP contribution in [-0.2, 0) is 6.54 Å². The van der Waals surface area contributed by atoms with Crippen molar-refractivity contribution in [2.24, 2.45) is 0 Å². The van der Waals surface area contributed by atoms with Crippen LogP contribution in [0, 0.1) is 0 Å². The normalized spacial score (nSPS) is 14.5. The summed E-state index contributed by atoms with van der Waals surface area (Å²) in [5, 5.41) is 1.90. The van der Waals surface area contributed by atoms with Gasteiger partial charge in [-0.3, -0.25) is 9.69 Å². The number of ether oxygens (including phenoxy) is 1. The second-order valence-corrected chi connectivity index (χ2v) is 8.73. The Morgan fingerprint density at radius 1 is 0.944 bits per heavy atom. The third kappa shape index (κ3) is 6.79. The highest BCUT2D eigenvalue weighted by Gasteiger charge is 2.28. The Balaban J connectivity index is 1.35. The van der Waals surface area contributed by atoms with E-state index in [1.165, 1.54) is 11.1 Å². The first-order chi connectivity index (χ1) is 17.3. The number of hydrogen-bond acceptors (Lipinski definition) is 4. The van der Waals surface area contributed by atoms with Crippen LogP contribution in [0.3, 0.4) is 0 Å². The summed E-state index contributed by atoms with van der Waals surface area (Å²) in [5.74, 6) is 0.136.